The summed E-state index contributed by atoms with van der Waals surface area (Å²) >= 11 is 0. The minimum absolute atomic E-state index is 0.00424. The first kappa shape index (κ1) is 15.8. The molecule has 1 heterocycles. The molecule has 0 aromatic carbocycles. The monoisotopic (exact) mass is 272 g/mol. The minimum atomic E-state index is -0.932. The third-order valence-electron chi connectivity index (χ3n) is 3.46. The van der Waals surface area contributed by atoms with Gasteiger partial charge in [0, 0.05) is 25.7 Å². The predicted octanol–water partition coefficient (Wildman–Crippen LogP) is 1.14. The number of hydrogen-bond donors (Lipinski definition) is 2. The average molecular weight is 272 g/mol. The van der Waals surface area contributed by atoms with Crippen LogP contribution in [-0.2, 0) is 4.79 Å². The first-order chi connectivity index (χ1) is 8.99. The largest absolute Gasteiger partial charge is 0.480 e. The molecule has 1 saturated heterocycles. The lowest BCUT2D eigenvalue weighted by Gasteiger charge is -2.38. The number of piperidine rings is 1. The fraction of sp³-hybridized carbons (Fsp3) is 0.846. The summed E-state index contributed by atoms with van der Waals surface area (Å²) in [5.74, 6) is -0.932. The Morgan fingerprint density at radius 2 is 2.05 bits per heavy atom. The Bertz CT molecular complexity index is 320. The topological polar surface area (TPSA) is 81.1 Å². The lowest BCUT2D eigenvalue weighted by molar-refractivity contribution is -0.143. The van der Waals surface area contributed by atoms with Gasteiger partial charge in [0.1, 0.15) is 6.04 Å². The van der Waals surface area contributed by atoms with Gasteiger partial charge in [-0.15, -0.1) is 0 Å². The summed E-state index contributed by atoms with van der Waals surface area (Å²) in [6.07, 6.45) is 2.73. The third-order valence-corrected chi connectivity index (χ3v) is 3.46. The molecule has 2 N–H and O–H groups in total. The summed E-state index contributed by atoms with van der Waals surface area (Å²) in [7, 11) is 0. The van der Waals surface area contributed by atoms with Crippen LogP contribution in [0.2, 0.25) is 0 Å². The maximum atomic E-state index is 12.5. The molecular formula is C13H24N2O4. The van der Waals surface area contributed by atoms with Gasteiger partial charge in [0.15, 0.2) is 0 Å². The standard InChI is InChI=1S/C13H24N2O4/c1-10(2)14(8-5-9-16)13(19)15-7-4-3-6-11(15)12(17)18/h10-11,16H,3-9H2,1-2H3,(H,17,18). The highest BCUT2D eigenvalue weighted by Gasteiger charge is 2.34. The molecule has 1 fully saturated rings. The number of nitrogens with zero attached hydrogens (tertiary/aromatic N) is 2. The highest BCUT2D eigenvalue weighted by molar-refractivity contribution is 5.83. The van der Waals surface area contributed by atoms with Crippen molar-refractivity contribution in [3.63, 3.8) is 0 Å². The van der Waals surface area contributed by atoms with E-state index in [-0.39, 0.29) is 18.7 Å². The number of aliphatic carboxylic acids is 1. The fourth-order valence-electron chi connectivity index (χ4n) is 2.40. The van der Waals surface area contributed by atoms with Crippen molar-refractivity contribution in [3.05, 3.63) is 0 Å². The zero-order chi connectivity index (χ0) is 14.4. The molecule has 2 amide bonds. The van der Waals surface area contributed by atoms with Gasteiger partial charge in [-0.2, -0.15) is 0 Å². The number of carboxylic acid groups (broad SMARTS) is 1. The van der Waals surface area contributed by atoms with Gasteiger partial charge >= 0.3 is 12.0 Å². The van der Waals surface area contributed by atoms with Crippen LogP contribution in [0.15, 0.2) is 0 Å². The number of urea groups is 1. The smallest absolute Gasteiger partial charge is 0.326 e. The Kier molecular flexibility index (Phi) is 6.08. The van der Waals surface area contributed by atoms with Crippen LogP contribution < -0.4 is 0 Å². The van der Waals surface area contributed by atoms with Crippen LogP contribution in [-0.4, -0.2) is 63.8 Å². The fourth-order valence-corrected chi connectivity index (χ4v) is 2.40. The van der Waals surface area contributed by atoms with Gasteiger partial charge in [0.05, 0.1) is 0 Å². The first-order valence-corrected chi connectivity index (χ1v) is 6.90. The highest BCUT2D eigenvalue weighted by atomic mass is 16.4. The Morgan fingerprint density at radius 1 is 1.37 bits per heavy atom. The molecule has 0 spiro atoms. The lowest BCUT2D eigenvalue weighted by atomic mass is 10.0. The number of carbonyl (C=O) groups excluding carboxylic acids is 1. The molecule has 1 unspecified atom stereocenters. The van der Waals surface area contributed by atoms with E-state index in [4.69, 9.17) is 5.11 Å². The zero-order valence-electron chi connectivity index (χ0n) is 11.7. The Hall–Kier alpha value is -1.30. The van der Waals surface area contributed by atoms with Crippen molar-refractivity contribution in [3.8, 4) is 0 Å². The second-order valence-corrected chi connectivity index (χ2v) is 5.19. The number of carbonyl (C=O) groups is 2. The molecule has 19 heavy (non-hydrogen) atoms. The van der Waals surface area contributed by atoms with Crippen molar-refractivity contribution in [2.75, 3.05) is 19.7 Å². The number of amides is 2. The van der Waals surface area contributed by atoms with Gasteiger partial charge in [-0.3, -0.25) is 0 Å². The predicted molar refractivity (Wildman–Crippen MR) is 70.9 cm³/mol. The number of rotatable bonds is 5. The number of carboxylic acids is 1. The van der Waals surface area contributed by atoms with Crippen LogP contribution in [0.25, 0.3) is 0 Å². The van der Waals surface area contributed by atoms with Crippen LogP contribution in [0.5, 0.6) is 0 Å². The second-order valence-electron chi connectivity index (χ2n) is 5.19. The molecule has 0 aromatic heterocycles. The number of aliphatic hydroxyl groups excluding tert-OH is 1. The van der Waals surface area contributed by atoms with Crippen molar-refractivity contribution in [1.29, 1.82) is 0 Å². The maximum Gasteiger partial charge on any atom is 0.326 e. The summed E-state index contributed by atoms with van der Waals surface area (Å²) in [6.45, 7) is 4.77. The van der Waals surface area contributed by atoms with Gasteiger partial charge in [-0.05, 0) is 39.5 Å². The average Bonchev–Trinajstić information content (AvgIpc) is 2.38. The quantitative estimate of drug-likeness (QED) is 0.786. The Labute approximate surface area is 114 Å². The molecule has 6 nitrogen and oxygen atoms in total. The first-order valence-electron chi connectivity index (χ1n) is 6.90. The SMILES string of the molecule is CC(C)N(CCCO)C(=O)N1CCCCC1C(=O)O. The molecule has 0 aliphatic carbocycles. The lowest BCUT2D eigenvalue weighted by Crippen LogP contribution is -2.54. The molecular weight excluding hydrogens is 248 g/mol. The van der Waals surface area contributed by atoms with E-state index in [1.165, 1.54) is 4.90 Å². The van der Waals surface area contributed by atoms with E-state index in [0.717, 1.165) is 12.8 Å². The number of hydrogen-bond acceptors (Lipinski definition) is 3. The highest BCUT2D eigenvalue weighted by Crippen LogP contribution is 2.20. The van der Waals surface area contributed by atoms with Gasteiger partial charge in [0.25, 0.3) is 0 Å². The van der Waals surface area contributed by atoms with E-state index < -0.39 is 12.0 Å². The second kappa shape index (κ2) is 7.33. The van der Waals surface area contributed by atoms with Crippen molar-refractivity contribution < 1.29 is 19.8 Å². The van der Waals surface area contributed by atoms with E-state index in [1.54, 1.807) is 4.90 Å². The number of aliphatic hydroxyl groups is 1. The van der Waals surface area contributed by atoms with E-state index in [1.807, 2.05) is 13.8 Å². The summed E-state index contributed by atoms with van der Waals surface area (Å²) in [6, 6.07) is -0.942. The Morgan fingerprint density at radius 3 is 2.58 bits per heavy atom. The van der Waals surface area contributed by atoms with Crippen molar-refractivity contribution in [2.45, 2.75) is 51.6 Å². The van der Waals surface area contributed by atoms with Crippen molar-refractivity contribution >= 4 is 12.0 Å². The van der Waals surface area contributed by atoms with Gasteiger partial charge in [-0.25, -0.2) is 9.59 Å². The molecule has 1 rings (SSSR count). The van der Waals surface area contributed by atoms with Crippen molar-refractivity contribution in [2.24, 2.45) is 0 Å². The molecule has 0 bridgehead atoms. The van der Waals surface area contributed by atoms with E-state index in [0.29, 0.717) is 25.9 Å². The molecule has 110 valence electrons. The molecule has 6 heteroatoms. The molecule has 1 aliphatic heterocycles. The van der Waals surface area contributed by atoms with E-state index in [9.17, 15) is 14.7 Å². The van der Waals surface area contributed by atoms with Crippen LogP contribution in [0.1, 0.15) is 39.5 Å². The third kappa shape index (κ3) is 4.09. The van der Waals surface area contributed by atoms with Gasteiger partial charge in [-0.1, -0.05) is 0 Å². The van der Waals surface area contributed by atoms with Crippen LogP contribution in [0, 0.1) is 0 Å². The summed E-state index contributed by atoms with van der Waals surface area (Å²) in [5, 5.41) is 18.1. The van der Waals surface area contributed by atoms with Gasteiger partial charge in [0.2, 0.25) is 0 Å². The summed E-state index contributed by atoms with van der Waals surface area (Å²) in [5.41, 5.74) is 0. The summed E-state index contributed by atoms with van der Waals surface area (Å²) < 4.78 is 0. The molecule has 1 aliphatic rings. The van der Waals surface area contributed by atoms with Crippen molar-refractivity contribution in [1.82, 2.24) is 9.80 Å². The molecule has 0 radical (unpaired) electrons. The van der Waals surface area contributed by atoms with E-state index in [2.05, 4.69) is 0 Å². The summed E-state index contributed by atoms with van der Waals surface area (Å²) in [4.78, 5) is 26.8. The number of likely N-dealkylation sites (tertiary alicyclic amines) is 1. The normalized spacial score (nSPS) is 19.6. The van der Waals surface area contributed by atoms with Gasteiger partial charge < -0.3 is 20.0 Å². The van der Waals surface area contributed by atoms with Crippen LogP contribution in [0.4, 0.5) is 4.79 Å². The minimum Gasteiger partial charge on any atom is -0.480 e. The van der Waals surface area contributed by atoms with E-state index >= 15 is 0 Å². The van der Waals surface area contributed by atoms with Crippen LogP contribution in [0.3, 0.4) is 0 Å². The zero-order valence-corrected chi connectivity index (χ0v) is 11.7. The molecule has 0 saturated carbocycles. The maximum absolute atomic E-state index is 12.5. The Balaban J connectivity index is 2.78. The van der Waals surface area contributed by atoms with Crippen LogP contribution >= 0.6 is 0 Å². The molecule has 1 atom stereocenters. The molecule has 0 aromatic rings.